The van der Waals surface area contributed by atoms with Crippen LogP contribution in [-0.4, -0.2) is 239 Å². The molecular formula is C70H108F4N12O12. The second kappa shape index (κ2) is 36.1. The molecule has 3 aliphatic heterocycles. The van der Waals surface area contributed by atoms with Crippen molar-refractivity contribution in [2.75, 3.05) is 75.0 Å². The lowest BCUT2D eigenvalue weighted by Gasteiger charge is -2.44. The number of hydrogen-bond donors (Lipinski definition) is 4. The lowest BCUT2D eigenvalue weighted by atomic mass is 9.84. The summed E-state index contributed by atoms with van der Waals surface area (Å²) in [7, 11) is 8.77. The topological polar surface area (TPSA) is 279 Å². The Balaban J connectivity index is 1.34. The molecule has 0 radical (unpaired) electrons. The van der Waals surface area contributed by atoms with Gasteiger partial charge < -0.3 is 60.5 Å². The molecule has 12 amide bonds. The Hall–Kier alpha value is -7.42. The van der Waals surface area contributed by atoms with Crippen molar-refractivity contribution in [3.8, 4) is 0 Å². The number of carbonyl (C=O) groups is 12. The van der Waals surface area contributed by atoms with Crippen LogP contribution in [0.25, 0.3) is 0 Å². The summed E-state index contributed by atoms with van der Waals surface area (Å²) < 4.78 is 55.7. The van der Waals surface area contributed by atoms with Gasteiger partial charge in [-0.15, -0.1) is 0 Å². The summed E-state index contributed by atoms with van der Waals surface area (Å²) >= 11 is 0. The molecule has 0 unspecified atom stereocenters. The molecule has 98 heavy (non-hydrogen) atoms. The van der Waals surface area contributed by atoms with Crippen LogP contribution in [0.5, 0.6) is 0 Å². The molecule has 2 aliphatic carbocycles. The summed E-state index contributed by atoms with van der Waals surface area (Å²) in [6, 6.07) is -8.27. The standard InChI is InChI=1S/C70H108F4N12O12/c1-13-43(5)59-63(92)76-44(6)64(93)86-36-33-52(86)68(97)81(10)54(39-45-23-16-15-17-24-45)67(96)80(9)41-56(87)77-50(32-30-46-29-31-48(49(71)38-46)70(72,73)74)65(94)85-35-22-27-51(85)61(90)75-34-21-20-28-57(88)83(12)60(47-25-18-19-26-47)69(98)82(11)55(66(95)79(7)8)40-58(89)84(14-2)53(37-42(3)4)62(91)78-59/h29,31,38,42-45,47,50-55,59-60H,13-28,30,32-37,39-41H2,1-12H3,(H,75,90)(H,76,92)(H,77,87)(H,78,91)/t43-,44-,50-,51-,52-,53-,54-,55-,59-,60-/m0/s1. The van der Waals surface area contributed by atoms with Gasteiger partial charge in [0, 0.05) is 74.9 Å². The van der Waals surface area contributed by atoms with E-state index < -0.39 is 156 Å². The Kier molecular flexibility index (Phi) is 29.3. The number of halogens is 4. The van der Waals surface area contributed by atoms with Crippen LogP contribution in [0, 0.1) is 29.5 Å². The molecule has 548 valence electrons. The molecule has 10 atom stereocenters. The first-order valence-corrected chi connectivity index (χ1v) is 35.4. The van der Waals surface area contributed by atoms with Gasteiger partial charge in [0.05, 0.1) is 18.5 Å². The van der Waals surface area contributed by atoms with Gasteiger partial charge in [0.25, 0.3) is 0 Å². The van der Waals surface area contributed by atoms with E-state index in [4.69, 9.17) is 0 Å². The van der Waals surface area contributed by atoms with Crippen molar-refractivity contribution in [1.29, 1.82) is 0 Å². The van der Waals surface area contributed by atoms with Crippen molar-refractivity contribution >= 4 is 70.9 Å². The maximum Gasteiger partial charge on any atom is 0.419 e. The summed E-state index contributed by atoms with van der Waals surface area (Å²) in [4.78, 5) is 185. The molecule has 6 rings (SSSR count). The molecule has 5 aliphatic rings. The zero-order chi connectivity index (χ0) is 72.6. The third-order valence-corrected chi connectivity index (χ3v) is 20.8. The fraction of sp³-hybridized carbons (Fsp3) is 0.743. The molecule has 24 nitrogen and oxygen atoms in total. The van der Waals surface area contributed by atoms with E-state index in [1.807, 2.05) is 20.8 Å². The molecule has 0 aromatic heterocycles. The lowest BCUT2D eigenvalue weighted by molar-refractivity contribution is -0.158. The molecule has 3 heterocycles. The van der Waals surface area contributed by atoms with E-state index in [0.717, 1.165) is 55.9 Å². The highest BCUT2D eigenvalue weighted by Crippen LogP contribution is 2.35. The average molecular weight is 1390 g/mol. The van der Waals surface area contributed by atoms with E-state index in [1.165, 1.54) is 83.5 Å². The average Bonchev–Trinajstić information content (AvgIpc) is 0.839. The number of hydrogen-bond acceptors (Lipinski definition) is 12. The number of nitrogens with one attached hydrogen (secondary N) is 4. The first-order chi connectivity index (χ1) is 46.2. The molecule has 1 aromatic rings. The van der Waals surface area contributed by atoms with Gasteiger partial charge in [-0.25, -0.2) is 4.39 Å². The third kappa shape index (κ3) is 20.4. The Morgan fingerprint density at radius 1 is 0.663 bits per heavy atom. The summed E-state index contributed by atoms with van der Waals surface area (Å²) in [5, 5.41) is 11.2. The van der Waals surface area contributed by atoms with E-state index in [2.05, 4.69) is 21.3 Å². The van der Waals surface area contributed by atoms with Gasteiger partial charge in [0.1, 0.15) is 60.2 Å². The first-order valence-electron chi connectivity index (χ1n) is 35.4. The van der Waals surface area contributed by atoms with Gasteiger partial charge in [0.2, 0.25) is 70.9 Å². The fourth-order valence-electron chi connectivity index (χ4n) is 14.6. The molecule has 4 N–H and O–H groups in total. The van der Waals surface area contributed by atoms with Gasteiger partial charge in [-0.1, -0.05) is 85.1 Å². The largest absolute Gasteiger partial charge is 0.419 e. The van der Waals surface area contributed by atoms with Crippen LogP contribution in [0.1, 0.15) is 181 Å². The van der Waals surface area contributed by atoms with Crippen LogP contribution >= 0.6 is 0 Å². The van der Waals surface area contributed by atoms with Gasteiger partial charge in [-0.3, -0.25) is 57.5 Å². The van der Waals surface area contributed by atoms with Crippen molar-refractivity contribution in [1.82, 2.24) is 60.5 Å². The van der Waals surface area contributed by atoms with Crippen LogP contribution in [0.15, 0.2) is 18.2 Å². The normalized spacial score (nSPS) is 27.1. The number of carbonyl (C=O) groups excluding carboxylic acids is 12. The third-order valence-electron chi connectivity index (χ3n) is 20.8. The minimum Gasteiger partial charge on any atom is -0.354 e. The number of amides is 12. The van der Waals surface area contributed by atoms with E-state index in [0.29, 0.717) is 44.2 Å². The number of rotatable bonds is 12. The van der Waals surface area contributed by atoms with Crippen LogP contribution in [0.2, 0.25) is 0 Å². The molecule has 0 spiro atoms. The van der Waals surface area contributed by atoms with Crippen molar-refractivity contribution in [2.24, 2.45) is 23.7 Å². The number of fused-ring (bicyclic) bond motifs is 2. The summed E-state index contributed by atoms with van der Waals surface area (Å²) in [6.45, 7) is 10.1. The molecule has 2 saturated carbocycles. The number of alkyl halides is 3. The van der Waals surface area contributed by atoms with Crippen molar-refractivity contribution in [3.63, 3.8) is 0 Å². The van der Waals surface area contributed by atoms with Crippen LogP contribution in [0.4, 0.5) is 17.6 Å². The number of benzene rings is 1. The zero-order valence-electron chi connectivity index (χ0n) is 59.6. The lowest BCUT2D eigenvalue weighted by Crippen LogP contribution is -2.65. The van der Waals surface area contributed by atoms with Gasteiger partial charge in [-0.05, 0) is 126 Å². The second-order valence-corrected chi connectivity index (χ2v) is 28.5. The Labute approximate surface area is 575 Å². The highest BCUT2D eigenvalue weighted by molar-refractivity contribution is 5.99. The summed E-state index contributed by atoms with van der Waals surface area (Å²) in [6.07, 6.45) is 3.28. The predicted molar refractivity (Wildman–Crippen MR) is 357 cm³/mol. The monoisotopic (exact) mass is 1380 g/mol. The molecule has 3 saturated heterocycles. The molecule has 1 aromatic carbocycles. The highest BCUT2D eigenvalue weighted by atomic mass is 19.4. The van der Waals surface area contributed by atoms with Crippen LogP contribution in [-0.2, 0) is 70.1 Å². The zero-order valence-corrected chi connectivity index (χ0v) is 59.6. The minimum atomic E-state index is -4.98. The van der Waals surface area contributed by atoms with E-state index in [1.54, 1.807) is 13.8 Å². The van der Waals surface area contributed by atoms with E-state index >= 15 is 4.79 Å². The first kappa shape index (κ1) is 79.6. The summed E-state index contributed by atoms with van der Waals surface area (Å²) in [5.41, 5.74) is -1.40. The van der Waals surface area contributed by atoms with Crippen molar-refractivity contribution < 1.29 is 75.1 Å². The Bertz CT molecular complexity index is 3010. The SMILES string of the molecule is CC[C@H](C)[C@@H]1NC(=O)[C@H](CC(C)C)N(CC)C(=O)C[C@@H](C(=O)N(C)C)N(C)C(=O)[C@H](C2CCCC2)N(C)C(=O)CCCCNC(=O)[C@@H]2CCCN2C(=O)[C@H](CCc2ccc(C(F)(F)F)c(F)c2)NC(=O)CN(C)C(=O)[C@H](CC2CCCCC2)N(C)C(=O)[C@@H]2CCN2C(=O)[C@H](C)NC1=O. The fourth-order valence-corrected chi connectivity index (χ4v) is 14.6. The van der Waals surface area contributed by atoms with Gasteiger partial charge in [-0.2, -0.15) is 13.2 Å². The number of aryl methyl sites for hydroxylation is 1. The van der Waals surface area contributed by atoms with Crippen molar-refractivity contribution in [2.45, 2.75) is 237 Å². The smallest absolute Gasteiger partial charge is 0.354 e. The maximum atomic E-state index is 15.0. The molecule has 0 bridgehead atoms. The number of nitrogens with zero attached hydrogens (tertiary/aromatic N) is 8. The van der Waals surface area contributed by atoms with Gasteiger partial charge >= 0.3 is 6.18 Å². The quantitative estimate of drug-likeness (QED) is 0.201. The Morgan fingerprint density at radius 2 is 1.32 bits per heavy atom. The number of likely N-dealkylation sites (N-methyl/N-ethyl adjacent to an activating group) is 6. The van der Waals surface area contributed by atoms with Crippen LogP contribution in [0.3, 0.4) is 0 Å². The maximum absolute atomic E-state index is 15.0. The van der Waals surface area contributed by atoms with E-state index in [9.17, 15) is 70.3 Å². The predicted octanol–water partition coefficient (Wildman–Crippen LogP) is 5.03. The van der Waals surface area contributed by atoms with Gasteiger partial charge in [0.15, 0.2) is 0 Å². The second-order valence-electron chi connectivity index (χ2n) is 28.5. The highest BCUT2D eigenvalue weighted by Gasteiger charge is 2.47. The molecule has 28 heteroatoms. The summed E-state index contributed by atoms with van der Waals surface area (Å²) in [5.74, 6) is -9.83. The minimum absolute atomic E-state index is 0.000903. The van der Waals surface area contributed by atoms with Crippen LogP contribution < -0.4 is 21.3 Å². The molecule has 5 fully saturated rings. The Morgan fingerprint density at radius 3 is 1.91 bits per heavy atom. The molecular weight excluding hydrogens is 1280 g/mol. The van der Waals surface area contributed by atoms with E-state index in [-0.39, 0.29) is 107 Å². The van der Waals surface area contributed by atoms with Crippen molar-refractivity contribution in [3.05, 3.63) is 35.1 Å².